The van der Waals surface area contributed by atoms with Gasteiger partial charge in [0.1, 0.15) is 6.10 Å². The molecule has 0 N–H and O–H groups in total. The number of ether oxygens (including phenoxy) is 1. The van der Waals surface area contributed by atoms with Crippen molar-refractivity contribution in [3.8, 4) is 0 Å². The highest BCUT2D eigenvalue weighted by Gasteiger charge is 2.27. The van der Waals surface area contributed by atoms with E-state index in [4.69, 9.17) is 4.74 Å². The summed E-state index contributed by atoms with van der Waals surface area (Å²) >= 11 is 0. The number of carbonyl (C=O) groups excluding carboxylic acids is 1. The lowest BCUT2D eigenvalue weighted by molar-refractivity contribution is -0.139. The third-order valence-corrected chi connectivity index (χ3v) is 2.26. The third kappa shape index (κ3) is 1.58. The molecule has 0 spiro atoms. The summed E-state index contributed by atoms with van der Waals surface area (Å²) in [6, 6.07) is 0. The van der Waals surface area contributed by atoms with Gasteiger partial charge < -0.3 is 4.74 Å². The minimum absolute atomic E-state index is 0.00417. The molecule has 2 heteroatoms. The van der Waals surface area contributed by atoms with E-state index in [1.165, 1.54) is 0 Å². The van der Waals surface area contributed by atoms with E-state index in [2.05, 4.69) is 6.58 Å². The zero-order valence-corrected chi connectivity index (χ0v) is 7.59. The van der Waals surface area contributed by atoms with Crippen LogP contribution < -0.4 is 0 Å². The molecule has 0 bridgehead atoms. The van der Waals surface area contributed by atoms with Crippen LogP contribution in [0.25, 0.3) is 0 Å². The van der Waals surface area contributed by atoms with Gasteiger partial charge >= 0.3 is 5.97 Å². The monoisotopic (exact) mass is 166 g/mol. The van der Waals surface area contributed by atoms with Gasteiger partial charge in [0.2, 0.25) is 0 Å². The van der Waals surface area contributed by atoms with E-state index < -0.39 is 0 Å². The fraction of sp³-hybridized carbons (Fsp3) is 0.500. The molecule has 0 fully saturated rings. The average molecular weight is 166 g/mol. The minimum atomic E-state index is -0.165. The maximum atomic E-state index is 11.1. The van der Waals surface area contributed by atoms with Crippen LogP contribution in [0.4, 0.5) is 0 Å². The van der Waals surface area contributed by atoms with Crippen LogP contribution in [0.5, 0.6) is 0 Å². The standard InChI is InChI=1S/C10H14O2/c1-4-5-6-9-7(2)8(3)10(11)12-9/h4,9H,1,5-6H2,2-3H3. The number of allylic oxidation sites excluding steroid dienone is 1. The van der Waals surface area contributed by atoms with Gasteiger partial charge in [-0.3, -0.25) is 0 Å². The van der Waals surface area contributed by atoms with Gasteiger partial charge in [0, 0.05) is 5.57 Å². The fourth-order valence-corrected chi connectivity index (χ4v) is 1.25. The largest absolute Gasteiger partial charge is 0.454 e. The summed E-state index contributed by atoms with van der Waals surface area (Å²) in [5, 5.41) is 0. The number of rotatable bonds is 3. The summed E-state index contributed by atoms with van der Waals surface area (Å²) in [6.07, 6.45) is 3.59. The Hall–Kier alpha value is -1.05. The summed E-state index contributed by atoms with van der Waals surface area (Å²) in [6.45, 7) is 7.39. The first-order valence-electron chi connectivity index (χ1n) is 4.16. The summed E-state index contributed by atoms with van der Waals surface area (Å²) in [5.41, 5.74) is 1.84. The van der Waals surface area contributed by atoms with Crippen LogP contribution in [-0.4, -0.2) is 12.1 Å². The van der Waals surface area contributed by atoms with Crippen molar-refractivity contribution in [2.75, 3.05) is 0 Å². The van der Waals surface area contributed by atoms with Gasteiger partial charge in [-0.1, -0.05) is 6.08 Å². The second kappa shape index (κ2) is 3.57. The van der Waals surface area contributed by atoms with Crippen molar-refractivity contribution in [1.29, 1.82) is 0 Å². The molecule has 66 valence electrons. The molecule has 12 heavy (non-hydrogen) atoms. The van der Waals surface area contributed by atoms with Crippen molar-refractivity contribution < 1.29 is 9.53 Å². The zero-order chi connectivity index (χ0) is 9.14. The van der Waals surface area contributed by atoms with E-state index in [1.54, 1.807) is 0 Å². The van der Waals surface area contributed by atoms with Gasteiger partial charge in [0.05, 0.1) is 0 Å². The first-order chi connectivity index (χ1) is 5.66. The number of hydrogen-bond donors (Lipinski definition) is 0. The van der Waals surface area contributed by atoms with E-state index >= 15 is 0 Å². The molecule has 0 amide bonds. The Labute approximate surface area is 72.9 Å². The molecule has 0 saturated heterocycles. The highest BCUT2D eigenvalue weighted by molar-refractivity contribution is 5.91. The van der Waals surface area contributed by atoms with Gasteiger partial charge in [0.15, 0.2) is 0 Å². The van der Waals surface area contributed by atoms with E-state index in [9.17, 15) is 4.79 Å². The minimum Gasteiger partial charge on any atom is -0.454 e. The van der Waals surface area contributed by atoms with Gasteiger partial charge in [-0.25, -0.2) is 4.79 Å². The Morgan fingerprint density at radius 2 is 2.25 bits per heavy atom. The van der Waals surface area contributed by atoms with Gasteiger partial charge in [-0.2, -0.15) is 0 Å². The van der Waals surface area contributed by atoms with Crippen LogP contribution in [-0.2, 0) is 9.53 Å². The number of esters is 1. The molecule has 0 aliphatic carbocycles. The lowest BCUT2D eigenvalue weighted by Crippen LogP contribution is -2.09. The zero-order valence-electron chi connectivity index (χ0n) is 7.59. The second-order valence-electron chi connectivity index (χ2n) is 3.07. The maximum Gasteiger partial charge on any atom is 0.334 e. The lowest BCUT2D eigenvalue weighted by atomic mass is 10.0. The predicted octanol–water partition coefficient (Wildman–Crippen LogP) is 2.21. The highest BCUT2D eigenvalue weighted by Crippen LogP contribution is 2.24. The predicted molar refractivity (Wildman–Crippen MR) is 47.7 cm³/mol. The van der Waals surface area contributed by atoms with Crippen molar-refractivity contribution in [3.63, 3.8) is 0 Å². The molecule has 2 nitrogen and oxygen atoms in total. The lowest BCUT2D eigenvalue weighted by Gasteiger charge is -2.08. The summed E-state index contributed by atoms with van der Waals surface area (Å²) in [7, 11) is 0. The topological polar surface area (TPSA) is 26.3 Å². The Morgan fingerprint density at radius 3 is 2.67 bits per heavy atom. The summed E-state index contributed by atoms with van der Waals surface area (Å²) < 4.78 is 5.13. The molecule has 1 atom stereocenters. The van der Waals surface area contributed by atoms with Crippen molar-refractivity contribution >= 4 is 5.97 Å². The van der Waals surface area contributed by atoms with Gasteiger partial charge in [-0.15, -0.1) is 6.58 Å². The highest BCUT2D eigenvalue weighted by atomic mass is 16.5. The first kappa shape index (κ1) is 9.04. The molecule has 1 aliphatic heterocycles. The molecule has 1 aliphatic rings. The van der Waals surface area contributed by atoms with Gasteiger partial charge in [-0.05, 0) is 32.3 Å². The Balaban J connectivity index is 2.60. The summed E-state index contributed by atoms with van der Waals surface area (Å²) in [5.74, 6) is -0.165. The molecule has 0 saturated carbocycles. The Bertz CT molecular complexity index is 238. The van der Waals surface area contributed by atoms with Crippen molar-refractivity contribution in [3.05, 3.63) is 23.8 Å². The number of cyclic esters (lactones) is 1. The molecular weight excluding hydrogens is 152 g/mol. The molecule has 0 aromatic rings. The van der Waals surface area contributed by atoms with E-state index in [0.717, 1.165) is 24.0 Å². The molecule has 1 unspecified atom stereocenters. The van der Waals surface area contributed by atoms with Crippen LogP contribution in [0, 0.1) is 0 Å². The number of hydrogen-bond acceptors (Lipinski definition) is 2. The molecule has 0 aromatic heterocycles. The molecule has 0 aromatic carbocycles. The van der Waals surface area contributed by atoms with Gasteiger partial charge in [0.25, 0.3) is 0 Å². The molecule has 1 heterocycles. The smallest absolute Gasteiger partial charge is 0.334 e. The van der Waals surface area contributed by atoms with Crippen LogP contribution in [0.1, 0.15) is 26.7 Å². The van der Waals surface area contributed by atoms with Crippen LogP contribution in [0.2, 0.25) is 0 Å². The van der Waals surface area contributed by atoms with Crippen LogP contribution in [0.15, 0.2) is 23.8 Å². The quantitative estimate of drug-likeness (QED) is 0.474. The number of carbonyl (C=O) groups is 1. The molecular formula is C10H14O2. The van der Waals surface area contributed by atoms with Crippen LogP contribution in [0.3, 0.4) is 0 Å². The second-order valence-corrected chi connectivity index (χ2v) is 3.07. The fourth-order valence-electron chi connectivity index (χ4n) is 1.25. The third-order valence-electron chi connectivity index (χ3n) is 2.26. The van der Waals surface area contributed by atoms with E-state index in [0.29, 0.717) is 0 Å². The van der Waals surface area contributed by atoms with Crippen molar-refractivity contribution in [2.45, 2.75) is 32.8 Å². The first-order valence-corrected chi connectivity index (χ1v) is 4.16. The summed E-state index contributed by atoms with van der Waals surface area (Å²) in [4.78, 5) is 11.1. The van der Waals surface area contributed by atoms with Crippen molar-refractivity contribution in [2.24, 2.45) is 0 Å². The van der Waals surface area contributed by atoms with E-state index in [1.807, 2.05) is 19.9 Å². The van der Waals surface area contributed by atoms with E-state index in [-0.39, 0.29) is 12.1 Å². The Morgan fingerprint density at radius 1 is 1.58 bits per heavy atom. The maximum absolute atomic E-state index is 11.1. The van der Waals surface area contributed by atoms with Crippen molar-refractivity contribution in [1.82, 2.24) is 0 Å². The molecule has 0 radical (unpaired) electrons. The normalized spacial score (nSPS) is 22.8. The molecule has 1 rings (SSSR count). The van der Waals surface area contributed by atoms with Crippen LogP contribution >= 0.6 is 0 Å². The average Bonchev–Trinajstić information content (AvgIpc) is 2.30. The Kier molecular flexibility index (Phi) is 2.69. The SMILES string of the molecule is C=CCCC1OC(=O)C(C)=C1C.